The first-order chi connectivity index (χ1) is 7.82. The Bertz CT molecular complexity index is 300. The largest absolute Gasteiger partial charge is 0.471 e. The Hall–Kier alpha value is -1.31. The maximum absolute atomic E-state index is 12.0. The smallest absolute Gasteiger partial charge is 0.378 e. The number of alkyl halides is 3. The minimum Gasteiger partial charge on any atom is -0.378 e. The van der Waals surface area contributed by atoms with Crippen LogP contribution in [0.3, 0.4) is 0 Å². The van der Waals surface area contributed by atoms with Gasteiger partial charge < -0.3 is 15.0 Å². The topological polar surface area (TPSA) is 58.6 Å². The van der Waals surface area contributed by atoms with Crippen LogP contribution in [-0.2, 0) is 14.3 Å². The molecule has 0 aromatic carbocycles. The number of ether oxygens (including phenoxy) is 1. The molecule has 0 bridgehead atoms. The minimum atomic E-state index is -4.97. The maximum atomic E-state index is 12.0. The highest BCUT2D eigenvalue weighted by atomic mass is 19.4. The summed E-state index contributed by atoms with van der Waals surface area (Å²) in [6, 6.07) is -1.19. The number of hydrogen-bond donors (Lipinski definition) is 1. The number of rotatable bonds is 2. The first-order valence-electron chi connectivity index (χ1n) is 5.06. The lowest BCUT2D eigenvalue weighted by Gasteiger charge is -2.29. The molecule has 0 aromatic rings. The Morgan fingerprint density at radius 2 is 1.82 bits per heavy atom. The molecule has 0 radical (unpaired) electrons. The monoisotopic (exact) mass is 254 g/mol. The maximum Gasteiger partial charge on any atom is 0.471 e. The Balaban J connectivity index is 2.49. The van der Waals surface area contributed by atoms with Crippen LogP contribution in [0.1, 0.15) is 6.92 Å². The first-order valence-corrected chi connectivity index (χ1v) is 5.06. The van der Waals surface area contributed by atoms with Gasteiger partial charge in [-0.3, -0.25) is 9.59 Å². The van der Waals surface area contributed by atoms with Crippen LogP contribution in [0.2, 0.25) is 0 Å². The molecule has 0 aliphatic carbocycles. The van der Waals surface area contributed by atoms with Crippen molar-refractivity contribution < 1.29 is 27.5 Å². The average Bonchev–Trinajstić information content (AvgIpc) is 2.27. The van der Waals surface area contributed by atoms with Crippen LogP contribution in [0.15, 0.2) is 0 Å². The van der Waals surface area contributed by atoms with E-state index >= 15 is 0 Å². The molecule has 1 aliphatic heterocycles. The molecule has 1 N–H and O–H groups in total. The fourth-order valence-electron chi connectivity index (χ4n) is 1.40. The van der Waals surface area contributed by atoms with Crippen molar-refractivity contribution in [3.63, 3.8) is 0 Å². The van der Waals surface area contributed by atoms with Gasteiger partial charge in [0.05, 0.1) is 13.2 Å². The molecule has 17 heavy (non-hydrogen) atoms. The predicted octanol–water partition coefficient (Wildman–Crippen LogP) is -0.0878. The third kappa shape index (κ3) is 3.88. The van der Waals surface area contributed by atoms with E-state index in [1.165, 1.54) is 11.8 Å². The lowest BCUT2D eigenvalue weighted by Crippen LogP contribution is -2.52. The van der Waals surface area contributed by atoms with Crippen LogP contribution in [0.5, 0.6) is 0 Å². The van der Waals surface area contributed by atoms with E-state index in [-0.39, 0.29) is 0 Å². The minimum absolute atomic E-state index is 0.324. The fraction of sp³-hybridized carbons (Fsp3) is 0.778. The van der Waals surface area contributed by atoms with Crippen molar-refractivity contribution in [2.45, 2.75) is 19.1 Å². The summed E-state index contributed by atoms with van der Waals surface area (Å²) < 4.78 is 40.9. The summed E-state index contributed by atoms with van der Waals surface area (Å²) in [6.45, 7) is 2.58. The number of nitrogens with one attached hydrogen (secondary N) is 1. The normalized spacial score (nSPS) is 18.7. The summed E-state index contributed by atoms with van der Waals surface area (Å²) in [4.78, 5) is 23.6. The van der Waals surface area contributed by atoms with Crippen LogP contribution in [0, 0.1) is 0 Å². The zero-order valence-electron chi connectivity index (χ0n) is 9.21. The van der Waals surface area contributed by atoms with Crippen molar-refractivity contribution in [3.8, 4) is 0 Å². The number of halogens is 3. The van der Waals surface area contributed by atoms with Gasteiger partial charge in [-0.1, -0.05) is 0 Å². The van der Waals surface area contributed by atoms with Gasteiger partial charge in [0, 0.05) is 13.1 Å². The van der Waals surface area contributed by atoms with Crippen LogP contribution >= 0.6 is 0 Å². The molecule has 0 saturated carbocycles. The third-order valence-corrected chi connectivity index (χ3v) is 2.30. The molecule has 98 valence electrons. The second-order valence-corrected chi connectivity index (χ2v) is 3.63. The first kappa shape index (κ1) is 13.8. The SMILES string of the molecule is C[C@H](NC(=O)C(F)(F)F)C(=O)N1CCOCC1. The average molecular weight is 254 g/mol. The van der Waals surface area contributed by atoms with Crippen LogP contribution in [0.4, 0.5) is 13.2 Å². The molecular weight excluding hydrogens is 241 g/mol. The summed E-state index contributed by atoms with van der Waals surface area (Å²) in [5.74, 6) is -2.64. The van der Waals surface area contributed by atoms with Gasteiger partial charge in [-0.15, -0.1) is 0 Å². The van der Waals surface area contributed by atoms with Gasteiger partial charge in [0.2, 0.25) is 5.91 Å². The number of nitrogens with zero attached hydrogens (tertiary/aromatic N) is 1. The van der Waals surface area contributed by atoms with Gasteiger partial charge in [-0.2, -0.15) is 13.2 Å². The summed E-state index contributed by atoms with van der Waals surface area (Å²) in [5, 5.41) is 1.62. The Kier molecular flexibility index (Phi) is 4.33. The second kappa shape index (κ2) is 5.35. The van der Waals surface area contributed by atoms with E-state index in [0.29, 0.717) is 26.3 Å². The number of carbonyl (C=O) groups excluding carboxylic acids is 2. The van der Waals surface area contributed by atoms with Gasteiger partial charge in [0.1, 0.15) is 6.04 Å². The highest BCUT2D eigenvalue weighted by molar-refractivity contribution is 5.89. The van der Waals surface area contributed by atoms with Crippen LogP contribution < -0.4 is 5.32 Å². The molecule has 1 atom stereocenters. The van der Waals surface area contributed by atoms with Gasteiger partial charge in [0.15, 0.2) is 0 Å². The van der Waals surface area contributed by atoms with E-state index in [2.05, 4.69) is 0 Å². The summed E-state index contributed by atoms with van der Waals surface area (Å²) in [5.41, 5.74) is 0. The van der Waals surface area contributed by atoms with Crippen LogP contribution in [0.25, 0.3) is 0 Å². The van der Waals surface area contributed by atoms with Crippen molar-refractivity contribution in [3.05, 3.63) is 0 Å². The molecular formula is C9H13F3N2O3. The van der Waals surface area contributed by atoms with Crippen molar-refractivity contribution in [1.82, 2.24) is 10.2 Å². The Morgan fingerprint density at radius 3 is 2.29 bits per heavy atom. The third-order valence-electron chi connectivity index (χ3n) is 2.30. The zero-order valence-corrected chi connectivity index (χ0v) is 9.21. The summed E-state index contributed by atoms with van der Waals surface area (Å²) >= 11 is 0. The quantitative estimate of drug-likeness (QED) is 0.749. The molecule has 1 saturated heterocycles. The van der Waals surface area contributed by atoms with E-state index in [4.69, 9.17) is 4.74 Å². The molecule has 5 nitrogen and oxygen atoms in total. The Labute approximate surface area is 95.9 Å². The molecule has 0 spiro atoms. The molecule has 1 rings (SSSR count). The van der Waals surface area contributed by atoms with Gasteiger partial charge in [-0.25, -0.2) is 0 Å². The molecule has 0 aromatic heterocycles. The van der Waals surface area contributed by atoms with Crippen molar-refractivity contribution in [1.29, 1.82) is 0 Å². The van der Waals surface area contributed by atoms with E-state index in [9.17, 15) is 22.8 Å². The van der Waals surface area contributed by atoms with Gasteiger partial charge in [0.25, 0.3) is 0 Å². The highest BCUT2D eigenvalue weighted by Gasteiger charge is 2.40. The lowest BCUT2D eigenvalue weighted by molar-refractivity contribution is -0.175. The fourth-order valence-corrected chi connectivity index (χ4v) is 1.40. The van der Waals surface area contributed by atoms with E-state index < -0.39 is 24.0 Å². The number of morpholine rings is 1. The zero-order chi connectivity index (χ0) is 13.1. The highest BCUT2D eigenvalue weighted by Crippen LogP contribution is 2.14. The lowest BCUT2D eigenvalue weighted by atomic mass is 10.2. The number of carbonyl (C=O) groups is 2. The summed E-state index contributed by atoms with van der Waals surface area (Å²) in [7, 11) is 0. The number of amides is 2. The van der Waals surface area contributed by atoms with E-state index in [0.717, 1.165) is 0 Å². The molecule has 8 heteroatoms. The molecule has 2 amide bonds. The van der Waals surface area contributed by atoms with E-state index in [1.54, 1.807) is 5.32 Å². The molecule has 1 fully saturated rings. The van der Waals surface area contributed by atoms with Crippen molar-refractivity contribution >= 4 is 11.8 Å². The number of hydrogen-bond acceptors (Lipinski definition) is 3. The summed E-state index contributed by atoms with van der Waals surface area (Å²) in [6.07, 6.45) is -4.97. The standard InChI is InChI=1S/C9H13F3N2O3/c1-6(13-8(16)9(10,11)12)7(15)14-2-4-17-5-3-14/h6H,2-5H2,1H3,(H,13,16)/t6-/m0/s1. The molecule has 1 aliphatic rings. The van der Waals surface area contributed by atoms with Crippen molar-refractivity contribution in [2.24, 2.45) is 0 Å². The Morgan fingerprint density at radius 1 is 1.29 bits per heavy atom. The second-order valence-electron chi connectivity index (χ2n) is 3.63. The van der Waals surface area contributed by atoms with Gasteiger partial charge in [-0.05, 0) is 6.92 Å². The van der Waals surface area contributed by atoms with Crippen molar-refractivity contribution in [2.75, 3.05) is 26.3 Å². The molecule has 0 unspecified atom stereocenters. The molecule has 1 heterocycles. The van der Waals surface area contributed by atoms with E-state index in [1.807, 2.05) is 0 Å². The van der Waals surface area contributed by atoms with Gasteiger partial charge >= 0.3 is 12.1 Å². The van der Waals surface area contributed by atoms with Crippen LogP contribution in [-0.4, -0.2) is 55.2 Å². The predicted molar refractivity (Wildman–Crippen MR) is 51.1 cm³/mol.